The molecule has 2 rings (SSSR count). The summed E-state index contributed by atoms with van der Waals surface area (Å²) in [7, 11) is 2.00. The maximum atomic E-state index is 4.47. The van der Waals surface area contributed by atoms with Gasteiger partial charge in [-0.05, 0) is 60.1 Å². The number of halogens is 1. The van der Waals surface area contributed by atoms with Crippen LogP contribution in [-0.2, 0) is 6.42 Å². The molecule has 2 nitrogen and oxygen atoms in total. The number of aromatic nitrogens is 1. The zero-order valence-electron chi connectivity index (χ0n) is 10.8. The first kappa shape index (κ1) is 13.7. The normalized spacial score (nSPS) is 12.7. The van der Waals surface area contributed by atoms with E-state index < -0.39 is 0 Å². The van der Waals surface area contributed by atoms with Crippen LogP contribution in [0.4, 0.5) is 0 Å². The van der Waals surface area contributed by atoms with Crippen LogP contribution in [0.2, 0.25) is 0 Å². The van der Waals surface area contributed by atoms with Crippen LogP contribution >= 0.6 is 27.3 Å². The molecule has 0 amide bonds. The van der Waals surface area contributed by atoms with Crippen LogP contribution in [0.15, 0.2) is 28.2 Å². The highest BCUT2D eigenvalue weighted by atomic mass is 79.9. The Morgan fingerprint density at radius 3 is 2.67 bits per heavy atom. The fourth-order valence-corrected chi connectivity index (χ4v) is 3.51. The summed E-state index contributed by atoms with van der Waals surface area (Å²) in [4.78, 5) is 5.82. The average molecular weight is 325 g/mol. The predicted octanol–water partition coefficient (Wildman–Crippen LogP) is 4.03. The molecule has 0 fully saturated rings. The van der Waals surface area contributed by atoms with Gasteiger partial charge in [0.1, 0.15) is 0 Å². The van der Waals surface area contributed by atoms with Crippen LogP contribution in [0.25, 0.3) is 0 Å². The van der Waals surface area contributed by atoms with Gasteiger partial charge in [-0.2, -0.15) is 0 Å². The summed E-state index contributed by atoms with van der Waals surface area (Å²) < 4.78 is 1.22. The first-order chi connectivity index (χ1) is 8.60. The zero-order chi connectivity index (χ0) is 13.1. The second-order valence-corrected chi connectivity index (χ2v) is 6.88. The van der Waals surface area contributed by atoms with Crippen molar-refractivity contribution in [2.75, 3.05) is 7.05 Å². The number of likely N-dealkylation sites (N-methyl/N-ethyl adjacent to an activating group) is 1. The molecule has 2 aromatic rings. The van der Waals surface area contributed by atoms with Gasteiger partial charge in [0.25, 0.3) is 0 Å². The number of nitrogens with one attached hydrogen (secondary N) is 1. The van der Waals surface area contributed by atoms with Crippen molar-refractivity contribution in [3.05, 3.63) is 49.9 Å². The Morgan fingerprint density at radius 2 is 2.17 bits per heavy atom. The molecule has 0 radical (unpaired) electrons. The largest absolute Gasteiger partial charge is 0.312 e. The number of hydrogen-bond donors (Lipinski definition) is 1. The Hall–Kier alpha value is -0.710. The zero-order valence-corrected chi connectivity index (χ0v) is 13.2. The summed E-state index contributed by atoms with van der Waals surface area (Å²) in [5.74, 6) is 0. The molecule has 0 aliphatic heterocycles. The van der Waals surface area contributed by atoms with Crippen LogP contribution in [0.1, 0.15) is 27.7 Å². The fraction of sp³-hybridized carbons (Fsp3) is 0.357. The Bertz CT molecular complexity index is 500. The van der Waals surface area contributed by atoms with E-state index in [1.807, 2.05) is 13.2 Å². The number of pyridine rings is 1. The lowest BCUT2D eigenvalue weighted by Gasteiger charge is -2.14. The molecule has 0 spiro atoms. The van der Waals surface area contributed by atoms with E-state index in [2.05, 4.69) is 58.3 Å². The third-order valence-corrected chi connectivity index (χ3v) is 5.20. The van der Waals surface area contributed by atoms with Crippen molar-refractivity contribution >= 4 is 27.3 Å². The second kappa shape index (κ2) is 5.95. The smallest absolute Gasteiger partial charge is 0.0731 e. The standard InChI is InChI=1S/C14H17BrN2S/c1-9-4-5-11(17-8-9)7-12(16-3)13-6-10(2)14(15)18-13/h4-6,8,12,16H,7H2,1-3H3. The van der Waals surface area contributed by atoms with Crippen LogP contribution in [0, 0.1) is 13.8 Å². The molecule has 0 aliphatic carbocycles. The molecule has 0 bridgehead atoms. The first-order valence-corrected chi connectivity index (χ1v) is 7.55. The SMILES string of the molecule is CNC(Cc1ccc(C)cn1)c1cc(C)c(Br)s1. The van der Waals surface area contributed by atoms with Crippen LogP contribution in [-0.4, -0.2) is 12.0 Å². The third-order valence-electron chi connectivity index (χ3n) is 2.95. The van der Waals surface area contributed by atoms with Crippen molar-refractivity contribution in [3.8, 4) is 0 Å². The van der Waals surface area contributed by atoms with Gasteiger partial charge in [-0.15, -0.1) is 11.3 Å². The predicted molar refractivity (Wildman–Crippen MR) is 81.2 cm³/mol. The molecule has 1 N–H and O–H groups in total. The minimum absolute atomic E-state index is 0.329. The molecule has 1 atom stereocenters. The maximum absolute atomic E-state index is 4.47. The van der Waals surface area contributed by atoms with E-state index >= 15 is 0 Å². The van der Waals surface area contributed by atoms with E-state index in [0.29, 0.717) is 6.04 Å². The maximum Gasteiger partial charge on any atom is 0.0731 e. The Balaban J connectivity index is 2.16. The fourth-order valence-electron chi connectivity index (χ4n) is 1.83. The monoisotopic (exact) mass is 324 g/mol. The molecule has 0 aromatic carbocycles. The van der Waals surface area contributed by atoms with Gasteiger partial charge >= 0.3 is 0 Å². The van der Waals surface area contributed by atoms with Gasteiger partial charge in [-0.1, -0.05) is 6.07 Å². The van der Waals surface area contributed by atoms with E-state index in [1.165, 1.54) is 19.8 Å². The number of thiophene rings is 1. The summed E-state index contributed by atoms with van der Waals surface area (Å²) in [6.45, 7) is 4.19. The summed E-state index contributed by atoms with van der Waals surface area (Å²) in [6, 6.07) is 6.79. The third kappa shape index (κ3) is 3.19. The van der Waals surface area contributed by atoms with Crippen LogP contribution in [0.5, 0.6) is 0 Å². The molecular formula is C14H17BrN2S. The van der Waals surface area contributed by atoms with Gasteiger partial charge in [0.05, 0.1) is 3.79 Å². The summed E-state index contributed by atoms with van der Waals surface area (Å²) in [5, 5.41) is 3.37. The molecule has 0 aliphatic rings. The Kier molecular flexibility index (Phi) is 4.54. The summed E-state index contributed by atoms with van der Waals surface area (Å²) >= 11 is 5.38. The molecule has 96 valence electrons. The van der Waals surface area contributed by atoms with Crippen molar-refractivity contribution in [3.63, 3.8) is 0 Å². The molecule has 4 heteroatoms. The van der Waals surface area contributed by atoms with Crippen molar-refractivity contribution < 1.29 is 0 Å². The average Bonchev–Trinajstić information content (AvgIpc) is 2.69. The van der Waals surface area contributed by atoms with Crippen LogP contribution < -0.4 is 5.32 Å². The van der Waals surface area contributed by atoms with Crippen molar-refractivity contribution in [2.45, 2.75) is 26.3 Å². The molecule has 2 heterocycles. The summed E-state index contributed by atoms with van der Waals surface area (Å²) in [6.07, 6.45) is 2.85. The van der Waals surface area contributed by atoms with Gasteiger partial charge in [0, 0.05) is 29.2 Å². The quantitative estimate of drug-likeness (QED) is 0.918. The van der Waals surface area contributed by atoms with Crippen molar-refractivity contribution in [2.24, 2.45) is 0 Å². The van der Waals surface area contributed by atoms with Crippen molar-refractivity contribution in [1.29, 1.82) is 0 Å². The number of rotatable bonds is 4. The van der Waals surface area contributed by atoms with Gasteiger partial charge in [0.2, 0.25) is 0 Å². The van der Waals surface area contributed by atoms with E-state index in [-0.39, 0.29) is 0 Å². The lowest BCUT2D eigenvalue weighted by Crippen LogP contribution is -2.18. The summed E-state index contributed by atoms with van der Waals surface area (Å²) in [5.41, 5.74) is 3.63. The number of nitrogens with zero attached hydrogens (tertiary/aromatic N) is 1. The molecule has 0 saturated carbocycles. The van der Waals surface area contributed by atoms with Gasteiger partial charge < -0.3 is 5.32 Å². The highest BCUT2D eigenvalue weighted by Crippen LogP contribution is 2.32. The van der Waals surface area contributed by atoms with Gasteiger partial charge in [0.15, 0.2) is 0 Å². The minimum atomic E-state index is 0.329. The number of hydrogen-bond acceptors (Lipinski definition) is 3. The highest BCUT2D eigenvalue weighted by molar-refractivity contribution is 9.11. The Labute approximate surface area is 121 Å². The van der Waals surface area contributed by atoms with Gasteiger partial charge in [-0.25, -0.2) is 0 Å². The first-order valence-electron chi connectivity index (χ1n) is 5.94. The van der Waals surface area contributed by atoms with E-state index in [1.54, 1.807) is 11.3 Å². The topological polar surface area (TPSA) is 24.9 Å². The Morgan fingerprint density at radius 1 is 1.39 bits per heavy atom. The second-order valence-electron chi connectivity index (χ2n) is 4.48. The lowest BCUT2D eigenvalue weighted by atomic mass is 10.1. The minimum Gasteiger partial charge on any atom is -0.312 e. The van der Waals surface area contributed by atoms with Gasteiger partial charge in [-0.3, -0.25) is 4.98 Å². The lowest BCUT2D eigenvalue weighted by molar-refractivity contribution is 0.594. The van der Waals surface area contributed by atoms with E-state index in [9.17, 15) is 0 Å². The van der Waals surface area contributed by atoms with E-state index in [4.69, 9.17) is 0 Å². The molecule has 0 saturated heterocycles. The number of aryl methyl sites for hydroxylation is 2. The van der Waals surface area contributed by atoms with Crippen molar-refractivity contribution in [1.82, 2.24) is 10.3 Å². The molecule has 18 heavy (non-hydrogen) atoms. The highest BCUT2D eigenvalue weighted by Gasteiger charge is 2.14. The molecule has 1 unspecified atom stereocenters. The molecular weight excluding hydrogens is 308 g/mol. The van der Waals surface area contributed by atoms with Crippen LogP contribution in [0.3, 0.4) is 0 Å². The van der Waals surface area contributed by atoms with E-state index in [0.717, 1.165) is 12.1 Å². The molecule has 2 aromatic heterocycles.